The number of rotatable bonds is 5. The van der Waals surface area contributed by atoms with Crippen molar-refractivity contribution in [1.82, 2.24) is 4.57 Å². The number of aromatic nitrogens is 1. The second kappa shape index (κ2) is 7.09. The van der Waals surface area contributed by atoms with Crippen LogP contribution in [0.1, 0.15) is 17.3 Å². The first-order valence-electron chi connectivity index (χ1n) is 7.81. The minimum Gasteiger partial charge on any atom is -0.465 e. The molecule has 0 spiro atoms. The van der Waals surface area contributed by atoms with E-state index >= 15 is 0 Å². The minimum atomic E-state index is -4.05. The minimum absolute atomic E-state index is 0.0517. The number of methoxy groups -OCH3 is 1. The number of fused-ring (bicyclic) bond motifs is 1. The Hall–Kier alpha value is -2.78. The maximum atomic E-state index is 12.7. The predicted molar refractivity (Wildman–Crippen MR) is 99.7 cm³/mol. The highest BCUT2D eigenvalue weighted by molar-refractivity contribution is 7.92. The summed E-state index contributed by atoms with van der Waals surface area (Å²) in [5, 5.41) is -0.0517. The van der Waals surface area contributed by atoms with Crippen molar-refractivity contribution in [2.75, 3.05) is 11.8 Å². The fraction of sp³-hybridized carbons (Fsp3) is 0.176. The number of halogens is 1. The summed E-state index contributed by atoms with van der Waals surface area (Å²) in [4.78, 5) is 23.0. The van der Waals surface area contributed by atoms with E-state index in [1.54, 1.807) is 6.92 Å². The monoisotopic (exact) mass is 410 g/mol. The largest absolute Gasteiger partial charge is 0.465 e. The molecule has 0 bridgehead atoms. The molecule has 1 N–H and O–H groups in total. The van der Waals surface area contributed by atoms with Crippen LogP contribution in [0.15, 0.2) is 50.5 Å². The molecule has 8 nitrogen and oxygen atoms in total. The van der Waals surface area contributed by atoms with Gasteiger partial charge >= 0.3 is 11.7 Å². The number of anilines is 1. The Labute approximate surface area is 159 Å². The highest BCUT2D eigenvalue weighted by atomic mass is 35.5. The van der Waals surface area contributed by atoms with Crippen molar-refractivity contribution in [2.45, 2.75) is 18.4 Å². The number of ether oxygens (including phenoxy) is 1. The van der Waals surface area contributed by atoms with E-state index in [4.69, 9.17) is 16.0 Å². The molecule has 2 aromatic carbocycles. The first-order chi connectivity index (χ1) is 12.8. The summed E-state index contributed by atoms with van der Waals surface area (Å²) in [6.45, 7) is 2.12. The number of hydrogen-bond acceptors (Lipinski definition) is 6. The summed E-state index contributed by atoms with van der Waals surface area (Å²) in [5.74, 6) is -1.13. The summed E-state index contributed by atoms with van der Waals surface area (Å²) < 4.78 is 38.8. The van der Waals surface area contributed by atoms with Gasteiger partial charge in [0.05, 0.1) is 23.2 Å². The van der Waals surface area contributed by atoms with Crippen LogP contribution in [0, 0.1) is 0 Å². The second-order valence-corrected chi connectivity index (χ2v) is 7.60. The van der Waals surface area contributed by atoms with Gasteiger partial charge in [-0.25, -0.2) is 18.0 Å². The van der Waals surface area contributed by atoms with Gasteiger partial charge < -0.3 is 9.15 Å². The molecular weight excluding hydrogens is 396 g/mol. The van der Waals surface area contributed by atoms with Crippen molar-refractivity contribution in [3.05, 3.63) is 57.5 Å². The number of nitrogens with zero attached hydrogens (tertiary/aromatic N) is 1. The number of aryl methyl sites for hydroxylation is 1. The Kier molecular flexibility index (Phi) is 4.99. The fourth-order valence-corrected chi connectivity index (χ4v) is 4.17. The van der Waals surface area contributed by atoms with E-state index in [1.807, 2.05) is 0 Å². The molecule has 1 heterocycles. The van der Waals surface area contributed by atoms with Gasteiger partial charge in [0.25, 0.3) is 10.0 Å². The van der Waals surface area contributed by atoms with Crippen molar-refractivity contribution < 1.29 is 22.4 Å². The van der Waals surface area contributed by atoms with Crippen LogP contribution in [0.2, 0.25) is 5.02 Å². The zero-order valence-electron chi connectivity index (χ0n) is 14.4. The van der Waals surface area contributed by atoms with Gasteiger partial charge in [0, 0.05) is 18.3 Å². The molecule has 0 atom stereocenters. The van der Waals surface area contributed by atoms with Crippen molar-refractivity contribution in [3.8, 4) is 0 Å². The Morgan fingerprint density at radius 1 is 1.26 bits per heavy atom. The number of carbonyl (C=O) groups is 1. The predicted octanol–water partition coefficient (Wildman–Crippen LogP) is 2.86. The Morgan fingerprint density at radius 3 is 2.52 bits per heavy atom. The van der Waals surface area contributed by atoms with Gasteiger partial charge in [0.15, 0.2) is 5.58 Å². The summed E-state index contributed by atoms with van der Waals surface area (Å²) in [5.41, 5.74) is 1.04. The number of nitrogens with one attached hydrogen (secondary N) is 1. The van der Waals surface area contributed by atoms with Crippen LogP contribution in [0.25, 0.3) is 11.1 Å². The molecule has 142 valence electrons. The molecule has 3 rings (SSSR count). The third-order valence-corrected chi connectivity index (χ3v) is 5.73. The van der Waals surface area contributed by atoms with Crippen LogP contribution in [0.3, 0.4) is 0 Å². The molecule has 0 saturated carbocycles. The molecule has 0 aliphatic heterocycles. The number of sulfonamides is 1. The SMILES string of the molecule is CCn1c(=O)oc2cc(S(=O)(=O)Nc3ccc(C(=O)OC)cc3)c(Cl)cc21. The van der Waals surface area contributed by atoms with E-state index in [0.29, 0.717) is 12.1 Å². The summed E-state index contributed by atoms with van der Waals surface area (Å²) in [6.07, 6.45) is 0. The number of benzene rings is 2. The molecule has 10 heteroatoms. The van der Waals surface area contributed by atoms with E-state index < -0.39 is 21.7 Å². The van der Waals surface area contributed by atoms with Crippen LogP contribution in [-0.2, 0) is 21.3 Å². The summed E-state index contributed by atoms with van der Waals surface area (Å²) in [6, 6.07) is 8.27. The van der Waals surface area contributed by atoms with Crippen molar-refractivity contribution in [3.63, 3.8) is 0 Å². The van der Waals surface area contributed by atoms with E-state index in [1.165, 1.54) is 48.1 Å². The molecule has 0 fully saturated rings. The molecular formula is C17H15ClN2O6S. The zero-order chi connectivity index (χ0) is 19.8. The highest BCUT2D eigenvalue weighted by Gasteiger charge is 2.22. The average molecular weight is 411 g/mol. The molecule has 27 heavy (non-hydrogen) atoms. The number of carbonyl (C=O) groups excluding carboxylic acids is 1. The summed E-state index contributed by atoms with van der Waals surface area (Å²) >= 11 is 6.14. The molecule has 0 aliphatic rings. The molecule has 0 saturated heterocycles. The maximum absolute atomic E-state index is 12.7. The van der Waals surface area contributed by atoms with Crippen LogP contribution in [0.5, 0.6) is 0 Å². The molecule has 3 aromatic rings. The topological polar surface area (TPSA) is 108 Å². The van der Waals surface area contributed by atoms with E-state index in [0.717, 1.165) is 0 Å². The highest BCUT2D eigenvalue weighted by Crippen LogP contribution is 2.29. The third kappa shape index (κ3) is 3.56. The fourth-order valence-electron chi connectivity index (χ4n) is 2.57. The van der Waals surface area contributed by atoms with Crippen LogP contribution >= 0.6 is 11.6 Å². The Morgan fingerprint density at radius 2 is 1.93 bits per heavy atom. The summed E-state index contributed by atoms with van der Waals surface area (Å²) in [7, 11) is -2.80. The van der Waals surface area contributed by atoms with Crippen molar-refractivity contribution in [1.29, 1.82) is 0 Å². The lowest BCUT2D eigenvalue weighted by molar-refractivity contribution is 0.0601. The van der Waals surface area contributed by atoms with Gasteiger partial charge in [0.2, 0.25) is 0 Å². The van der Waals surface area contributed by atoms with Gasteiger partial charge in [-0.1, -0.05) is 11.6 Å². The average Bonchev–Trinajstić information content (AvgIpc) is 2.94. The van der Waals surface area contributed by atoms with Gasteiger partial charge in [0.1, 0.15) is 4.90 Å². The third-order valence-electron chi connectivity index (χ3n) is 3.89. The molecule has 0 aliphatic carbocycles. The van der Waals surface area contributed by atoms with Gasteiger partial charge in [-0.05, 0) is 37.3 Å². The first-order valence-corrected chi connectivity index (χ1v) is 9.67. The molecule has 0 unspecified atom stereocenters. The Balaban J connectivity index is 1.98. The van der Waals surface area contributed by atoms with Crippen LogP contribution < -0.4 is 10.5 Å². The van der Waals surface area contributed by atoms with Crippen LogP contribution in [0.4, 0.5) is 5.69 Å². The first kappa shape index (κ1) is 19.0. The number of oxazole rings is 1. The van der Waals surface area contributed by atoms with Crippen molar-refractivity contribution >= 4 is 44.4 Å². The van der Waals surface area contributed by atoms with E-state index in [2.05, 4.69) is 9.46 Å². The van der Waals surface area contributed by atoms with Crippen LogP contribution in [-0.4, -0.2) is 26.1 Å². The van der Waals surface area contributed by atoms with Gasteiger partial charge in [-0.3, -0.25) is 9.29 Å². The van der Waals surface area contributed by atoms with Gasteiger partial charge in [-0.2, -0.15) is 0 Å². The van der Waals surface area contributed by atoms with E-state index in [9.17, 15) is 18.0 Å². The number of esters is 1. The smallest absolute Gasteiger partial charge is 0.419 e. The number of hydrogen-bond donors (Lipinski definition) is 1. The van der Waals surface area contributed by atoms with E-state index in [-0.39, 0.29) is 26.8 Å². The standard InChI is InChI=1S/C17H15ClN2O6S/c1-3-20-13-8-12(18)15(9-14(13)26-17(20)22)27(23,24)19-11-6-4-10(5-7-11)16(21)25-2/h4-9,19H,3H2,1-2H3. The lowest BCUT2D eigenvalue weighted by Gasteiger charge is -2.10. The second-order valence-electron chi connectivity index (χ2n) is 5.54. The quantitative estimate of drug-likeness (QED) is 0.648. The lowest BCUT2D eigenvalue weighted by Crippen LogP contribution is -2.14. The lowest BCUT2D eigenvalue weighted by atomic mass is 10.2. The maximum Gasteiger partial charge on any atom is 0.419 e. The molecule has 1 aromatic heterocycles. The van der Waals surface area contributed by atoms with Crippen molar-refractivity contribution in [2.24, 2.45) is 0 Å². The Bertz CT molecular complexity index is 1180. The van der Waals surface area contributed by atoms with Gasteiger partial charge in [-0.15, -0.1) is 0 Å². The molecule has 0 amide bonds. The molecule has 0 radical (unpaired) electrons. The normalized spacial score (nSPS) is 11.5. The zero-order valence-corrected chi connectivity index (χ0v) is 15.9.